The van der Waals surface area contributed by atoms with E-state index in [2.05, 4.69) is 10.4 Å². The number of rotatable bonds is 6. The van der Waals surface area contributed by atoms with Crippen LogP contribution in [0.3, 0.4) is 0 Å². The number of nitrogens with zero attached hydrogens (tertiary/aromatic N) is 2. The van der Waals surface area contributed by atoms with Crippen molar-refractivity contribution in [3.63, 3.8) is 0 Å². The summed E-state index contributed by atoms with van der Waals surface area (Å²) in [4.78, 5) is 11.8. The van der Waals surface area contributed by atoms with Crippen molar-refractivity contribution in [2.24, 2.45) is 7.05 Å². The second-order valence-corrected chi connectivity index (χ2v) is 4.85. The fourth-order valence-corrected chi connectivity index (χ4v) is 1.48. The van der Waals surface area contributed by atoms with Gasteiger partial charge in [0.25, 0.3) is 12.3 Å². The molecule has 0 aliphatic rings. The Labute approximate surface area is 110 Å². The van der Waals surface area contributed by atoms with Gasteiger partial charge in [-0.05, 0) is 26.3 Å². The fraction of sp³-hybridized carbons (Fsp3) is 0.667. The van der Waals surface area contributed by atoms with Gasteiger partial charge in [-0.2, -0.15) is 5.10 Å². The maximum absolute atomic E-state index is 12.5. The number of carbonyl (C=O) groups excluding carboxylic acids is 1. The van der Waals surface area contributed by atoms with Crippen molar-refractivity contribution in [2.75, 3.05) is 13.7 Å². The lowest BCUT2D eigenvalue weighted by Crippen LogP contribution is -2.32. The molecule has 1 heterocycles. The van der Waals surface area contributed by atoms with Crippen LogP contribution in [0.2, 0.25) is 0 Å². The topological polar surface area (TPSA) is 56.1 Å². The van der Waals surface area contributed by atoms with Gasteiger partial charge < -0.3 is 10.1 Å². The third kappa shape index (κ3) is 4.27. The zero-order valence-corrected chi connectivity index (χ0v) is 11.5. The summed E-state index contributed by atoms with van der Waals surface area (Å²) in [7, 11) is 3.05. The quantitative estimate of drug-likeness (QED) is 0.862. The Hall–Kier alpha value is -1.50. The van der Waals surface area contributed by atoms with Gasteiger partial charge in [0, 0.05) is 20.7 Å². The van der Waals surface area contributed by atoms with Gasteiger partial charge in [0.15, 0.2) is 0 Å². The first-order valence-corrected chi connectivity index (χ1v) is 5.92. The molecule has 5 nitrogen and oxygen atoms in total. The molecule has 0 saturated carbocycles. The van der Waals surface area contributed by atoms with Gasteiger partial charge in [0.2, 0.25) is 0 Å². The van der Waals surface area contributed by atoms with Crippen LogP contribution < -0.4 is 5.32 Å². The molecule has 19 heavy (non-hydrogen) atoms. The lowest BCUT2D eigenvalue weighted by atomic mass is 10.1. The molecule has 1 aromatic rings. The molecule has 0 spiro atoms. The lowest BCUT2D eigenvalue weighted by molar-refractivity contribution is 0.0160. The van der Waals surface area contributed by atoms with E-state index in [4.69, 9.17) is 4.74 Å². The van der Waals surface area contributed by atoms with E-state index in [9.17, 15) is 13.6 Å². The largest absolute Gasteiger partial charge is 0.379 e. The number of halogens is 2. The van der Waals surface area contributed by atoms with Gasteiger partial charge >= 0.3 is 0 Å². The standard InChI is InChI=1S/C12H19F2N3O2/c1-12(2,19-4)5-6-15-11(18)9-7-8(10(13)14)16-17(9)3/h7,10H,5-6H2,1-4H3,(H,15,18). The van der Waals surface area contributed by atoms with E-state index in [0.717, 1.165) is 10.7 Å². The number of ether oxygens (including phenoxy) is 1. The number of amides is 1. The minimum absolute atomic E-state index is 0.116. The predicted octanol–water partition coefficient (Wildman–Crippen LogP) is 1.90. The molecule has 1 N–H and O–H groups in total. The van der Waals surface area contributed by atoms with Crippen LogP contribution in [0.1, 0.15) is 42.9 Å². The van der Waals surface area contributed by atoms with E-state index < -0.39 is 18.0 Å². The zero-order chi connectivity index (χ0) is 14.6. The molecule has 0 radical (unpaired) electrons. The SMILES string of the molecule is COC(C)(C)CCNC(=O)c1cc(C(F)F)nn1C. The highest BCUT2D eigenvalue weighted by Gasteiger charge is 2.20. The number of alkyl halides is 2. The summed E-state index contributed by atoms with van der Waals surface area (Å²) >= 11 is 0. The van der Waals surface area contributed by atoms with Crippen LogP contribution in [0.15, 0.2) is 6.07 Å². The minimum atomic E-state index is -2.68. The molecule has 7 heteroatoms. The van der Waals surface area contributed by atoms with Gasteiger partial charge in [0.05, 0.1) is 5.60 Å². The first-order valence-electron chi connectivity index (χ1n) is 5.92. The Bertz CT molecular complexity index is 444. The summed E-state index contributed by atoms with van der Waals surface area (Å²) in [6, 6.07) is 1.10. The lowest BCUT2D eigenvalue weighted by Gasteiger charge is -2.22. The van der Waals surface area contributed by atoms with E-state index >= 15 is 0 Å². The number of methoxy groups -OCH3 is 1. The first-order chi connectivity index (χ1) is 8.76. The summed E-state index contributed by atoms with van der Waals surface area (Å²) in [5, 5.41) is 6.24. The van der Waals surface area contributed by atoms with Gasteiger partial charge in [-0.25, -0.2) is 8.78 Å². The Kier molecular flexibility index (Phi) is 4.99. The fourth-order valence-electron chi connectivity index (χ4n) is 1.48. The maximum atomic E-state index is 12.5. The van der Waals surface area contributed by atoms with E-state index in [1.807, 2.05) is 13.8 Å². The van der Waals surface area contributed by atoms with Crippen molar-refractivity contribution in [3.8, 4) is 0 Å². The highest BCUT2D eigenvalue weighted by atomic mass is 19.3. The van der Waals surface area contributed by atoms with E-state index in [0.29, 0.717) is 13.0 Å². The van der Waals surface area contributed by atoms with Crippen LogP contribution in [0, 0.1) is 0 Å². The molecular weight excluding hydrogens is 256 g/mol. The van der Waals surface area contributed by atoms with Crippen molar-refractivity contribution < 1.29 is 18.3 Å². The number of aromatic nitrogens is 2. The zero-order valence-electron chi connectivity index (χ0n) is 11.5. The molecule has 0 bridgehead atoms. The normalized spacial score (nSPS) is 11.9. The summed E-state index contributed by atoms with van der Waals surface area (Å²) in [6.07, 6.45) is -2.06. The Morgan fingerprint density at radius 1 is 1.58 bits per heavy atom. The number of carbonyl (C=O) groups is 1. The van der Waals surface area contributed by atoms with Crippen molar-refractivity contribution in [2.45, 2.75) is 32.3 Å². The van der Waals surface area contributed by atoms with Crippen molar-refractivity contribution in [1.29, 1.82) is 0 Å². The van der Waals surface area contributed by atoms with Crippen LogP contribution in [-0.4, -0.2) is 34.9 Å². The first kappa shape index (κ1) is 15.6. The molecule has 0 aliphatic heterocycles. The van der Waals surface area contributed by atoms with Gasteiger partial charge in [-0.3, -0.25) is 9.48 Å². The highest BCUT2D eigenvalue weighted by Crippen LogP contribution is 2.18. The Balaban J connectivity index is 2.59. The number of hydrogen-bond donors (Lipinski definition) is 1. The Morgan fingerprint density at radius 2 is 2.21 bits per heavy atom. The molecule has 1 rings (SSSR count). The van der Waals surface area contributed by atoms with E-state index in [-0.39, 0.29) is 11.3 Å². The van der Waals surface area contributed by atoms with Crippen molar-refractivity contribution in [1.82, 2.24) is 15.1 Å². The maximum Gasteiger partial charge on any atom is 0.282 e. The molecule has 1 amide bonds. The molecule has 0 aromatic carbocycles. The second kappa shape index (κ2) is 6.10. The number of aryl methyl sites for hydroxylation is 1. The monoisotopic (exact) mass is 275 g/mol. The summed E-state index contributed by atoms with van der Waals surface area (Å²) < 4.78 is 31.3. The molecular formula is C12H19F2N3O2. The molecule has 108 valence electrons. The molecule has 0 atom stereocenters. The second-order valence-electron chi connectivity index (χ2n) is 4.85. The van der Waals surface area contributed by atoms with Gasteiger partial charge in [-0.15, -0.1) is 0 Å². The third-order valence-corrected chi connectivity index (χ3v) is 2.92. The van der Waals surface area contributed by atoms with Crippen LogP contribution in [0.5, 0.6) is 0 Å². The average Bonchev–Trinajstić information content (AvgIpc) is 2.71. The Morgan fingerprint density at radius 3 is 2.68 bits per heavy atom. The van der Waals surface area contributed by atoms with Crippen LogP contribution in [0.25, 0.3) is 0 Å². The van der Waals surface area contributed by atoms with Crippen LogP contribution in [0.4, 0.5) is 8.78 Å². The molecule has 0 unspecified atom stereocenters. The summed E-state index contributed by atoms with van der Waals surface area (Å²) in [6.45, 7) is 4.20. The van der Waals surface area contributed by atoms with E-state index in [1.165, 1.54) is 7.05 Å². The third-order valence-electron chi connectivity index (χ3n) is 2.92. The molecule has 0 saturated heterocycles. The molecule has 1 aromatic heterocycles. The summed E-state index contributed by atoms with van der Waals surface area (Å²) in [5.74, 6) is -0.422. The van der Waals surface area contributed by atoms with Gasteiger partial charge in [-0.1, -0.05) is 0 Å². The van der Waals surface area contributed by atoms with Crippen LogP contribution >= 0.6 is 0 Å². The molecule has 0 aliphatic carbocycles. The predicted molar refractivity (Wildman–Crippen MR) is 66.2 cm³/mol. The highest BCUT2D eigenvalue weighted by molar-refractivity contribution is 5.92. The summed E-state index contributed by atoms with van der Waals surface area (Å²) in [5.41, 5.74) is -0.621. The number of hydrogen-bond acceptors (Lipinski definition) is 3. The number of nitrogens with one attached hydrogen (secondary N) is 1. The van der Waals surface area contributed by atoms with Crippen LogP contribution in [-0.2, 0) is 11.8 Å². The van der Waals surface area contributed by atoms with Crippen molar-refractivity contribution >= 4 is 5.91 Å². The molecule has 0 fully saturated rings. The average molecular weight is 275 g/mol. The van der Waals surface area contributed by atoms with Crippen molar-refractivity contribution in [3.05, 3.63) is 17.5 Å². The van der Waals surface area contributed by atoms with E-state index in [1.54, 1.807) is 7.11 Å². The van der Waals surface area contributed by atoms with Gasteiger partial charge in [0.1, 0.15) is 11.4 Å². The smallest absolute Gasteiger partial charge is 0.282 e. The minimum Gasteiger partial charge on any atom is -0.379 e.